The van der Waals surface area contributed by atoms with E-state index in [1.165, 1.54) is 4.40 Å². The van der Waals surface area contributed by atoms with Gasteiger partial charge in [-0.05, 0) is 43.7 Å². The second kappa shape index (κ2) is 6.54. The zero-order valence-corrected chi connectivity index (χ0v) is 13.4. The van der Waals surface area contributed by atoms with Gasteiger partial charge in [0.2, 0.25) is 0 Å². The van der Waals surface area contributed by atoms with E-state index in [9.17, 15) is 9.59 Å². The molecule has 2 aromatic heterocycles. The van der Waals surface area contributed by atoms with Crippen LogP contribution in [0.15, 0.2) is 53.5 Å². The van der Waals surface area contributed by atoms with Crippen LogP contribution in [-0.4, -0.2) is 22.0 Å². The van der Waals surface area contributed by atoms with Gasteiger partial charge in [0, 0.05) is 11.9 Å². The first-order chi connectivity index (χ1) is 11.6. The number of carbonyl (C=O) groups is 1. The van der Waals surface area contributed by atoms with E-state index in [0.717, 1.165) is 11.3 Å². The Morgan fingerprint density at radius 2 is 2.08 bits per heavy atom. The first-order valence-corrected chi connectivity index (χ1v) is 7.62. The number of nitrogens with one attached hydrogen (secondary N) is 1. The molecule has 0 spiro atoms. The van der Waals surface area contributed by atoms with Gasteiger partial charge in [-0.1, -0.05) is 18.2 Å². The smallest absolute Gasteiger partial charge is 0.347 e. The normalized spacial score (nSPS) is 10.6. The van der Waals surface area contributed by atoms with Gasteiger partial charge in [0.15, 0.2) is 11.4 Å². The molecule has 0 aliphatic rings. The predicted octanol–water partition coefficient (Wildman–Crippen LogP) is 2.92. The number of aryl methyl sites for hydroxylation is 1. The van der Waals surface area contributed by atoms with Crippen molar-refractivity contribution in [3.8, 4) is 0 Å². The van der Waals surface area contributed by atoms with Crippen molar-refractivity contribution in [1.82, 2.24) is 9.38 Å². The number of hydrogen-bond acceptors (Lipinski definition) is 5. The Kier molecular flexibility index (Phi) is 4.29. The second-order valence-electron chi connectivity index (χ2n) is 5.28. The van der Waals surface area contributed by atoms with Crippen molar-refractivity contribution in [2.75, 3.05) is 11.9 Å². The summed E-state index contributed by atoms with van der Waals surface area (Å²) in [5.41, 5.74) is 1.67. The molecule has 0 amide bonds. The van der Waals surface area contributed by atoms with Crippen LogP contribution >= 0.6 is 0 Å². The molecule has 1 N–H and O–H groups in total. The van der Waals surface area contributed by atoms with Crippen LogP contribution in [0.1, 0.15) is 22.8 Å². The molecule has 122 valence electrons. The summed E-state index contributed by atoms with van der Waals surface area (Å²) in [6, 6.07) is 12.8. The van der Waals surface area contributed by atoms with Gasteiger partial charge in [0.1, 0.15) is 5.65 Å². The number of ether oxygens (including phenoxy) is 1. The molecule has 0 atom stereocenters. The molecule has 24 heavy (non-hydrogen) atoms. The molecule has 0 unspecified atom stereocenters. The number of carbonyl (C=O) groups excluding carboxylic acids is 1. The molecule has 6 nitrogen and oxygen atoms in total. The van der Waals surface area contributed by atoms with Crippen LogP contribution in [0.2, 0.25) is 0 Å². The molecule has 0 fully saturated rings. The number of nitrogens with zero attached hydrogens (tertiary/aromatic N) is 2. The quantitative estimate of drug-likeness (QED) is 0.747. The summed E-state index contributed by atoms with van der Waals surface area (Å²) in [4.78, 5) is 29.4. The maximum Gasteiger partial charge on any atom is 0.347 e. The summed E-state index contributed by atoms with van der Waals surface area (Å²) in [6.07, 6.45) is 1.57. The number of rotatable bonds is 4. The zero-order chi connectivity index (χ0) is 17.1. The molecule has 0 bridgehead atoms. The fraction of sp³-hybridized carbons (Fsp3) is 0.167. The van der Waals surface area contributed by atoms with Crippen LogP contribution in [0.3, 0.4) is 0 Å². The molecule has 0 aliphatic heterocycles. The van der Waals surface area contributed by atoms with Crippen LogP contribution in [0.25, 0.3) is 5.65 Å². The molecule has 0 saturated carbocycles. The lowest BCUT2D eigenvalue weighted by molar-refractivity contribution is 0.0525. The Bertz CT molecular complexity index is 963. The van der Waals surface area contributed by atoms with Crippen LogP contribution in [0.4, 0.5) is 11.5 Å². The summed E-state index contributed by atoms with van der Waals surface area (Å²) in [5, 5.41) is 3.06. The van der Waals surface area contributed by atoms with Crippen molar-refractivity contribution in [1.29, 1.82) is 0 Å². The van der Waals surface area contributed by atoms with Gasteiger partial charge >= 0.3 is 5.97 Å². The number of hydrogen-bond donors (Lipinski definition) is 1. The van der Waals surface area contributed by atoms with E-state index in [-0.39, 0.29) is 18.0 Å². The number of benzene rings is 1. The molecule has 0 saturated heterocycles. The SMILES string of the molecule is CCOC(=O)c1c(Nc2cccc(C)c2)nc2ccccn2c1=O. The van der Waals surface area contributed by atoms with E-state index in [0.29, 0.717) is 5.65 Å². The summed E-state index contributed by atoms with van der Waals surface area (Å²) < 4.78 is 6.35. The zero-order valence-electron chi connectivity index (χ0n) is 13.4. The van der Waals surface area contributed by atoms with E-state index < -0.39 is 11.5 Å². The molecule has 6 heteroatoms. The van der Waals surface area contributed by atoms with Gasteiger partial charge in [0.05, 0.1) is 6.61 Å². The topological polar surface area (TPSA) is 72.7 Å². The van der Waals surface area contributed by atoms with E-state index in [1.807, 2.05) is 31.2 Å². The Morgan fingerprint density at radius 1 is 1.25 bits per heavy atom. The van der Waals surface area contributed by atoms with Gasteiger partial charge in [-0.15, -0.1) is 0 Å². The first-order valence-electron chi connectivity index (χ1n) is 7.62. The van der Waals surface area contributed by atoms with Crippen molar-refractivity contribution in [2.24, 2.45) is 0 Å². The third-order valence-corrected chi connectivity index (χ3v) is 3.49. The Labute approximate surface area is 138 Å². The summed E-state index contributed by atoms with van der Waals surface area (Å²) in [7, 11) is 0. The maximum absolute atomic E-state index is 12.7. The highest BCUT2D eigenvalue weighted by Gasteiger charge is 2.21. The van der Waals surface area contributed by atoms with E-state index in [2.05, 4.69) is 10.3 Å². The molecular weight excluding hydrogens is 306 g/mol. The first kappa shape index (κ1) is 15.7. The highest BCUT2D eigenvalue weighted by atomic mass is 16.5. The average molecular weight is 323 g/mol. The molecular formula is C18H17N3O3. The molecule has 2 heterocycles. The lowest BCUT2D eigenvalue weighted by atomic mass is 10.2. The third-order valence-electron chi connectivity index (χ3n) is 3.49. The lowest BCUT2D eigenvalue weighted by Gasteiger charge is -2.12. The van der Waals surface area contributed by atoms with E-state index in [4.69, 9.17) is 4.74 Å². The average Bonchev–Trinajstić information content (AvgIpc) is 2.55. The Hall–Kier alpha value is -3.15. The minimum atomic E-state index is -0.691. The number of fused-ring (bicyclic) bond motifs is 1. The summed E-state index contributed by atoms with van der Waals surface area (Å²) in [6.45, 7) is 3.83. The highest BCUT2D eigenvalue weighted by Crippen LogP contribution is 2.19. The van der Waals surface area contributed by atoms with Crippen molar-refractivity contribution in [2.45, 2.75) is 13.8 Å². The number of pyridine rings is 1. The fourth-order valence-corrected chi connectivity index (χ4v) is 2.43. The molecule has 1 aromatic carbocycles. The molecule has 0 aliphatic carbocycles. The van der Waals surface area contributed by atoms with Gasteiger partial charge in [-0.2, -0.15) is 0 Å². The van der Waals surface area contributed by atoms with Crippen LogP contribution < -0.4 is 10.9 Å². The van der Waals surface area contributed by atoms with E-state index >= 15 is 0 Å². The van der Waals surface area contributed by atoms with Crippen molar-refractivity contribution < 1.29 is 9.53 Å². The predicted molar refractivity (Wildman–Crippen MR) is 91.9 cm³/mol. The minimum absolute atomic E-state index is 0.109. The fourth-order valence-electron chi connectivity index (χ4n) is 2.43. The maximum atomic E-state index is 12.7. The molecule has 3 rings (SSSR count). The number of esters is 1. The number of aromatic nitrogens is 2. The Balaban J connectivity index is 2.18. The lowest BCUT2D eigenvalue weighted by Crippen LogP contribution is -2.26. The molecule has 0 radical (unpaired) electrons. The van der Waals surface area contributed by atoms with Crippen LogP contribution in [-0.2, 0) is 4.74 Å². The second-order valence-corrected chi connectivity index (χ2v) is 5.28. The summed E-state index contributed by atoms with van der Waals surface area (Å²) in [5.74, 6) is -0.501. The highest BCUT2D eigenvalue weighted by molar-refractivity contribution is 5.95. The summed E-state index contributed by atoms with van der Waals surface area (Å²) >= 11 is 0. The van der Waals surface area contributed by atoms with Crippen molar-refractivity contribution >= 4 is 23.1 Å². The van der Waals surface area contributed by atoms with Gasteiger partial charge in [-0.25, -0.2) is 9.78 Å². The molecule has 3 aromatic rings. The van der Waals surface area contributed by atoms with Crippen molar-refractivity contribution in [3.05, 3.63) is 70.1 Å². The Morgan fingerprint density at radius 3 is 2.83 bits per heavy atom. The van der Waals surface area contributed by atoms with Gasteiger partial charge in [0.25, 0.3) is 5.56 Å². The van der Waals surface area contributed by atoms with Crippen LogP contribution in [0, 0.1) is 6.92 Å². The van der Waals surface area contributed by atoms with E-state index in [1.54, 1.807) is 31.3 Å². The minimum Gasteiger partial charge on any atom is -0.462 e. The van der Waals surface area contributed by atoms with Crippen LogP contribution in [0.5, 0.6) is 0 Å². The van der Waals surface area contributed by atoms with Gasteiger partial charge in [-0.3, -0.25) is 9.20 Å². The number of anilines is 2. The van der Waals surface area contributed by atoms with Crippen molar-refractivity contribution in [3.63, 3.8) is 0 Å². The largest absolute Gasteiger partial charge is 0.462 e. The monoisotopic (exact) mass is 323 g/mol. The third kappa shape index (κ3) is 2.99. The van der Waals surface area contributed by atoms with Gasteiger partial charge < -0.3 is 10.1 Å². The standard InChI is InChI=1S/C18H17N3O3/c1-3-24-18(23)15-16(19-13-8-6-7-12(2)11-13)20-14-9-4-5-10-21(14)17(15)22/h4-11,19H,3H2,1-2H3.